The molecule has 0 saturated carbocycles. The van der Waals surface area contributed by atoms with Crippen molar-refractivity contribution in [3.63, 3.8) is 0 Å². The van der Waals surface area contributed by atoms with Crippen molar-refractivity contribution in [1.29, 1.82) is 0 Å². The van der Waals surface area contributed by atoms with Crippen LogP contribution in [-0.2, 0) is 12.5 Å². The fourth-order valence-electron chi connectivity index (χ4n) is 2.08. The van der Waals surface area contributed by atoms with Crippen molar-refractivity contribution < 1.29 is 0 Å². The monoisotopic (exact) mass is 218 g/mol. The van der Waals surface area contributed by atoms with Crippen LogP contribution in [0.25, 0.3) is 11.0 Å². The lowest BCUT2D eigenvalue weighted by molar-refractivity contribution is 0.597. The fourth-order valence-corrected chi connectivity index (χ4v) is 2.08. The second-order valence-corrected chi connectivity index (χ2v) is 5.18. The molecule has 2 aromatic rings. The van der Waals surface area contributed by atoms with Crippen LogP contribution < -0.4 is 11.5 Å². The molecule has 0 aliphatic rings. The van der Waals surface area contributed by atoms with Crippen LogP contribution in [0.1, 0.15) is 26.3 Å². The van der Waals surface area contributed by atoms with Crippen molar-refractivity contribution in [2.75, 3.05) is 11.5 Å². The van der Waals surface area contributed by atoms with Crippen molar-refractivity contribution in [1.82, 2.24) is 9.55 Å². The van der Waals surface area contributed by atoms with Gasteiger partial charge in [0.2, 0.25) is 5.95 Å². The Labute approximate surface area is 95.3 Å². The molecular formula is C12H18N4. The van der Waals surface area contributed by atoms with Gasteiger partial charge in [0, 0.05) is 18.3 Å². The molecule has 0 amide bonds. The maximum atomic E-state index is 6.04. The Morgan fingerprint density at radius 1 is 1.19 bits per heavy atom. The minimum absolute atomic E-state index is 0.0373. The van der Waals surface area contributed by atoms with E-state index in [-0.39, 0.29) is 5.41 Å². The number of aromatic nitrogens is 2. The zero-order valence-corrected chi connectivity index (χ0v) is 10.2. The third kappa shape index (κ3) is 1.41. The van der Waals surface area contributed by atoms with Crippen LogP contribution in [0, 0.1) is 0 Å². The number of aryl methyl sites for hydroxylation is 1. The first-order chi connectivity index (χ1) is 7.32. The highest BCUT2D eigenvalue weighted by molar-refractivity contribution is 5.87. The lowest BCUT2D eigenvalue weighted by Gasteiger charge is -2.21. The van der Waals surface area contributed by atoms with E-state index < -0.39 is 0 Å². The summed E-state index contributed by atoms with van der Waals surface area (Å²) in [5, 5.41) is 0. The van der Waals surface area contributed by atoms with Gasteiger partial charge in [-0.25, -0.2) is 4.98 Å². The summed E-state index contributed by atoms with van der Waals surface area (Å²) >= 11 is 0. The number of rotatable bonds is 0. The minimum atomic E-state index is -0.0373. The van der Waals surface area contributed by atoms with Crippen molar-refractivity contribution >= 4 is 22.7 Å². The largest absolute Gasteiger partial charge is 0.398 e. The summed E-state index contributed by atoms with van der Waals surface area (Å²) in [7, 11) is 1.91. The number of anilines is 2. The molecule has 0 aliphatic carbocycles. The number of hydrogen-bond donors (Lipinski definition) is 2. The normalized spacial score (nSPS) is 12.2. The molecule has 0 atom stereocenters. The number of nitrogen functional groups attached to an aromatic ring is 2. The standard InChI is InChI=1S/C12H18N4/c1-12(2,3)9-7(13)5-6-8-10(9)15-11(14)16(8)4/h5-6H,13H2,1-4H3,(H2,14,15). The maximum Gasteiger partial charge on any atom is 0.200 e. The maximum absolute atomic E-state index is 6.04. The van der Waals surface area contributed by atoms with Crippen LogP contribution in [0.15, 0.2) is 12.1 Å². The Morgan fingerprint density at radius 3 is 2.38 bits per heavy atom. The van der Waals surface area contributed by atoms with Crippen LogP contribution in [0.4, 0.5) is 11.6 Å². The van der Waals surface area contributed by atoms with Crippen molar-refractivity contribution in [2.24, 2.45) is 7.05 Å². The van der Waals surface area contributed by atoms with Crippen LogP contribution in [0.2, 0.25) is 0 Å². The van der Waals surface area contributed by atoms with Gasteiger partial charge in [0.25, 0.3) is 0 Å². The van der Waals surface area contributed by atoms with E-state index in [1.807, 2.05) is 23.7 Å². The first kappa shape index (κ1) is 10.8. The number of benzene rings is 1. The zero-order chi connectivity index (χ0) is 12.1. The molecule has 1 heterocycles. The third-order valence-electron chi connectivity index (χ3n) is 2.87. The molecule has 0 aliphatic heterocycles. The summed E-state index contributed by atoms with van der Waals surface area (Å²) in [5.41, 5.74) is 15.6. The molecule has 1 aromatic carbocycles. The number of nitrogens with two attached hydrogens (primary N) is 2. The summed E-state index contributed by atoms with van der Waals surface area (Å²) in [6.07, 6.45) is 0. The Balaban J connectivity index is 2.91. The molecular weight excluding hydrogens is 200 g/mol. The van der Waals surface area contributed by atoms with E-state index >= 15 is 0 Å². The molecule has 4 nitrogen and oxygen atoms in total. The summed E-state index contributed by atoms with van der Waals surface area (Å²) in [5.74, 6) is 0.520. The molecule has 4 heteroatoms. The van der Waals surface area contributed by atoms with Gasteiger partial charge >= 0.3 is 0 Å². The van der Waals surface area contributed by atoms with Crippen LogP contribution in [0.3, 0.4) is 0 Å². The van der Waals surface area contributed by atoms with E-state index in [2.05, 4.69) is 25.8 Å². The Kier molecular flexibility index (Phi) is 2.12. The fraction of sp³-hybridized carbons (Fsp3) is 0.417. The van der Waals surface area contributed by atoms with E-state index in [0.717, 1.165) is 22.3 Å². The SMILES string of the molecule is Cn1c(N)nc2c(C(C)(C)C)c(N)ccc21. The average Bonchev–Trinajstić information content (AvgIpc) is 2.40. The van der Waals surface area contributed by atoms with Gasteiger partial charge in [-0.3, -0.25) is 0 Å². The highest BCUT2D eigenvalue weighted by atomic mass is 15.1. The molecule has 0 radical (unpaired) electrons. The van der Waals surface area contributed by atoms with Crippen molar-refractivity contribution in [3.8, 4) is 0 Å². The van der Waals surface area contributed by atoms with Gasteiger partial charge in [0.1, 0.15) is 0 Å². The van der Waals surface area contributed by atoms with Gasteiger partial charge in [-0.2, -0.15) is 0 Å². The number of imidazole rings is 1. The van der Waals surface area contributed by atoms with E-state index in [1.54, 1.807) is 0 Å². The predicted molar refractivity (Wildman–Crippen MR) is 68.2 cm³/mol. The smallest absolute Gasteiger partial charge is 0.200 e. The van der Waals surface area contributed by atoms with E-state index in [4.69, 9.17) is 11.5 Å². The molecule has 0 saturated heterocycles. The van der Waals surface area contributed by atoms with Crippen LogP contribution in [-0.4, -0.2) is 9.55 Å². The van der Waals surface area contributed by atoms with Crippen LogP contribution in [0.5, 0.6) is 0 Å². The summed E-state index contributed by atoms with van der Waals surface area (Å²) in [4.78, 5) is 4.40. The molecule has 1 aromatic heterocycles. The molecule has 16 heavy (non-hydrogen) atoms. The van der Waals surface area contributed by atoms with Gasteiger partial charge in [0.15, 0.2) is 0 Å². The third-order valence-corrected chi connectivity index (χ3v) is 2.87. The summed E-state index contributed by atoms with van der Waals surface area (Å²) < 4.78 is 1.88. The summed E-state index contributed by atoms with van der Waals surface area (Å²) in [6, 6.07) is 3.88. The zero-order valence-electron chi connectivity index (χ0n) is 10.2. The first-order valence-electron chi connectivity index (χ1n) is 5.33. The number of fused-ring (bicyclic) bond motifs is 1. The molecule has 4 N–H and O–H groups in total. The summed E-state index contributed by atoms with van der Waals surface area (Å²) in [6.45, 7) is 6.38. The van der Waals surface area contributed by atoms with Crippen molar-refractivity contribution in [2.45, 2.75) is 26.2 Å². The minimum Gasteiger partial charge on any atom is -0.398 e. The number of nitrogens with zero attached hydrogens (tertiary/aromatic N) is 2. The first-order valence-corrected chi connectivity index (χ1v) is 5.33. The van der Waals surface area contributed by atoms with Crippen LogP contribution >= 0.6 is 0 Å². The van der Waals surface area contributed by atoms with Crippen molar-refractivity contribution in [3.05, 3.63) is 17.7 Å². The molecule has 0 fully saturated rings. The predicted octanol–water partition coefficient (Wildman–Crippen LogP) is 2.04. The lowest BCUT2D eigenvalue weighted by Crippen LogP contribution is -2.14. The van der Waals surface area contributed by atoms with E-state index in [9.17, 15) is 0 Å². The number of hydrogen-bond acceptors (Lipinski definition) is 3. The lowest BCUT2D eigenvalue weighted by atomic mass is 9.85. The topological polar surface area (TPSA) is 69.9 Å². The second-order valence-electron chi connectivity index (χ2n) is 5.18. The Hall–Kier alpha value is -1.71. The van der Waals surface area contributed by atoms with Gasteiger partial charge in [0.05, 0.1) is 11.0 Å². The van der Waals surface area contributed by atoms with Gasteiger partial charge in [-0.1, -0.05) is 20.8 Å². The molecule has 0 bridgehead atoms. The van der Waals surface area contributed by atoms with Gasteiger partial charge < -0.3 is 16.0 Å². The van der Waals surface area contributed by atoms with E-state index in [0.29, 0.717) is 5.95 Å². The Morgan fingerprint density at radius 2 is 1.81 bits per heavy atom. The average molecular weight is 218 g/mol. The Bertz CT molecular complexity index is 546. The highest BCUT2D eigenvalue weighted by Gasteiger charge is 2.22. The quantitative estimate of drug-likeness (QED) is 0.665. The molecule has 2 rings (SSSR count). The second kappa shape index (κ2) is 3.14. The molecule has 86 valence electrons. The highest BCUT2D eigenvalue weighted by Crippen LogP contribution is 2.34. The molecule has 0 spiro atoms. The van der Waals surface area contributed by atoms with Gasteiger partial charge in [-0.05, 0) is 17.5 Å². The molecule has 0 unspecified atom stereocenters. The van der Waals surface area contributed by atoms with Gasteiger partial charge in [-0.15, -0.1) is 0 Å². The van der Waals surface area contributed by atoms with E-state index in [1.165, 1.54) is 0 Å².